The maximum absolute atomic E-state index is 12.4. The molecule has 0 aliphatic heterocycles. The SMILES string of the molecule is COc1cc(CSc2nc(N)nc(N)n2)c([N+](=O)[O-])cc1OC(F)F. The highest BCUT2D eigenvalue weighted by Crippen LogP contribution is 2.37. The summed E-state index contributed by atoms with van der Waals surface area (Å²) in [6.07, 6.45) is 0. The van der Waals surface area contributed by atoms with E-state index in [4.69, 9.17) is 16.2 Å². The molecule has 13 heteroatoms. The average Bonchev–Trinajstić information content (AvgIpc) is 2.51. The summed E-state index contributed by atoms with van der Waals surface area (Å²) in [5.74, 6) is -0.668. The van der Waals surface area contributed by atoms with Crippen molar-refractivity contribution >= 4 is 29.3 Å². The molecule has 0 aliphatic rings. The minimum absolute atomic E-state index is 0.0323. The third-order valence-electron chi connectivity index (χ3n) is 2.78. The summed E-state index contributed by atoms with van der Waals surface area (Å²) in [6.45, 7) is -3.15. The van der Waals surface area contributed by atoms with Crippen LogP contribution in [0.25, 0.3) is 0 Å². The third-order valence-corrected chi connectivity index (χ3v) is 3.68. The molecular weight excluding hydrogens is 362 g/mol. The zero-order valence-corrected chi connectivity index (χ0v) is 13.5. The van der Waals surface area contributed by atoms with Crippen molar-refractivity contribution in [2.75, 3.05) is 18.6 Å². The summed E-state index contributed by atoms with van der Waals surface area (Å²) >= 11 is 1.00. The van der Waals surface area contributed by atoms with Gasteiger partial charge >= 0.3 is 6.61 Å². The van der Waals surface area contributed by atoms with Crippen LogP contribution in [0.3, 0.4) is 0 Å². The predicted octanol–water partition coefficient (Wildman–Crippen LogP) is 1.85. The number of nitrogens with zero attached hydrogens (tertiary/aromatic N) is 4. The maximum Gasteiger partial charge on any atom is 0.387 e. The molecule has 1 aromatic carbocycles. The Hall–Kier alpha value is -2.96. The van der Waals surface area contributed by atoms with Gasteiger partial charge in [-0.3, -0.25) is 10.1 Å². The molecule has 1 aromatic heterocycles. The van der Waals surface area contributed by atoms with Crippen LogP contribution in [-0.4, -0.2) is 33.6 Å². The Kier molecular flexibility index (Phi) is 5.69. The van der Waals surface area contributed by atoms with Crippen LogP contribution in [0.1, 0.15) is 5.56 Å². The highest BCUT2D eigenvalue weighted by atomic mass is 32.2. The number of nitro groups is 1. The van der Waals surface area contributed by atoms with Gasteiger partial charge in [-0.25, -0.2) is 0 Å². The summed E-state index contributed by atoms with van der Waals surface area (Å²) in [5.41, 5.74) is 10.7. The Morgan fingerprint density at radius 1 is 1.24 bits per heavy atom. The first-order chi connectivity index (χ1) is 11.8. The lowest BCUT2D eigenvalue weighted by Crippen LogP contribution is -2.06. The fourth-order valence-corrected chi connectivity index (χ4v) is 2.65. The first-order valence-electron chi connectivity index (χ1n) is 6.50. The minimum Gasteiger partial charge on any atom is -0.493 e. The number of hydrogen-bond donors (Lipinski definition) is 2. The fourth-order valence-electron chi connectivity index (χ4n) is 1.82. The first-order valence-corrected chi connectivity index (χ1v) is 7.48. The second-order valence-corrected chi connectivity index (χ2v) is 5.33. The smallest absolute Gasteiger partial charge is 0.387 e. The molecule has 0 atom stereocenters. The quantitative estimate of drug-likeness (QED) is 0.417. The highest BCUT2D eigenvalue weighted by molar-refractivity contribution is 7.98. The van der Waals surface area contributed by atoms with Crippen LogP contribution in [0.15, 0.2) is 17.3 Å². The number of nitrogens with two attached hydrogens (primary N) is 2. The molecular formula is C12H12F2N6O4S. The number of thioether (sulfide) groups is 1. The topological polar surface area (TPSA) is 152 Å². The molecule has 2 aromatic rings. The number of nitro benzene ring substituents is 1. The second kappa shape index (κ2) is 7.74. The van der Waals surface area contributed by atoms with Gasteiger partial charge in [-0.05, 0) is 6.07 Å². The van der Waals surface area contributed by atoms with E-state index in [1.807, 2.05) is 0 Å². The van der Waals surface area contributed by atoms with Crippen molar-refractivity contribution in [2.45, 2.75) is 17.5 Å². The van der Waals surface area contributed by atoms with Crippen LogP contribution in [0.5, 0.6) is 11.5 Å². The molecule has 2 rings (SSSR count). The van der Waals surface area contributed by atoms with Crippen molar-refractivity contribution in [2.24, 2.45) is 0 Å². The van der Waals surface area contributed by atoms with Crippen molar-refractivity contribution in [3.05, 3.63) is 27.8 Å². The predicted molar refractivity (Wildman–Crippen MR) is 84.5 cm³/mol. The summed E-state index contributed by atoms with van der Waals surface area (Å²) in [7, 11) is 1.23. The number of anilines is 2. The Balaban J connectivity index is 2.33. The summed E-state index contributed by atoms with van der Waals surface area (Å²) in [4.78, 5) is 21.8. The standard InChI is InChI=1S/C12H12F2N6O4S/c1-23-7-2-5(4-25-12-18-10(15)17-11(16)19-12)6(20(21)22)3-8(7)24-9(13)14/h2-3,9H,4H2,1H3,(H4,15,16,17,18,19). The molecule has 10 nitrogen and oxygen atoms in total. The number of nitrogen functional groups attached to an aromatic ring is 2. The average molecular weight is 374 g/mol. The van der Waals surface area contributed by atoms with Gasteiger partial charge in [-0.15, -0.1) is 0 Å². The van der Waals surface area contributed by atoms with E-state index in [0.29, 0.717) is 0 Å². The van der Waals surface area contributed by atoms with Gasteiger partial charge in [0.15, 0.2) is 16.7 Å². The largest absolute Gasteiger partial charge is 0.493 e. The van der Waals surface area contributed by atoms with E-state index in [9.17, 15) is 18.9 Å². The number of hydrogen-bond acceptors (Lipinski definition) is 10. The molecule has 25 heavy (non-hydrogen) atoms. The van der Waals surface area contributed by atoms with Crippen LogP contribution in [0, 0.1) is 10.1 Å². The maximum atomic E-state index is 12.4. The third kappa shape index (κ3) is 4.76. The molecule has 0 radical (unpaired) electrons. The summed E-state index contributed by atoms with van der Waals surface area (Å²) < 4.78 is 34.0. The lowest BCUT2D eigenvalue weighted by molar-refractivity contribution is -0.385. The van der Waals surface area contributed by atoms with E-state index in [-0.39, 0.29) is 34.1 Å². The molecule has 0 unspecified atom stereocenters. The monoisotopic (exact) mass is 374 g/mol. The molecule has 4 N–H and O–H groups in total. The molecule has 1 heterocycles. The summed E-state index contributed by atoms with van der Waals surface area (Å²) in [5, 5.41) is 11.4. The first kappa shape index (κ1) is 18.4. The zero-order valence-electron chi connectivity index (χ0n) is 12.7. The fraction of sp³-hybridized carbons (Fsp3) is 0.250. The number of benzene rings is 1. The Bertz CT molecular complexity index is 774. The van der Waals surface area contributed by atoms with Gasteiger partial charge in [-0.1, -0.05) is 11.8 Å². The van der Waals surface area contributed by atoms with Gasteiger partial charge in [0.2, 0.25) is 11.9 Å². The second-order valence-electron chi connectivity index (χ2n) is 4.39. The van der Waals surface area contributed by atoms with Crippen molar-refractivity contribution in [3.8, 4) is 11.5 Å². The minimum atomic E-state index is -3.15. The van der Waals surface area contributed by atoms with Crippen LogP contribution < -0.4 is 20.9 Å². The van der Waals surface area contributed by atoms with E-state index in [1.54, 1.807) is 0 Å². The Labute approximate surface area is 143 Å². The van der Waals surface area contributed by atoms with Crippen LogP contribution in [-0.2, 0) is 5.75 Å². The number of methoxy groups -OCH3 is 1. The van der Waals surface area contributed by atoms with Crippen molar-refractivity contribution in [1.82, 2.24) is 15.0 Å². The summed E-state index contributed by atoms with van der Waals surface area (Å²) in [6, 6.07) is 2.10. The van der Waals surface area contributed by atoms with E-state index < -0.39 is 23.0 Å². The van der Waals surface area contributed by atoms with Crippen LogP contribution >= 0.6 is 11.8 Å². The lowest BCUT2D eigenvalue weighted by atomic mass is 10.2. The Morgan fingerprint density at radius 2 is 1.88 bits per heavy atom. The van der Waals surface area contributed by atoms with Gasteiger partial charge in [0, 0.05) is 11.3 Å². The number of rotatable bonds is 7. The molecule has 0 fully saturated rings. The molecule has 0 amide bonds. The number of halogens is 2. The van der Waals surface area contributed by atoms with Crippen LogP contribution in [0.4, 0.5) is 26.4 Å². The van der Waals surface area contributed by atoms with Crippen molar-refractivity contribution < 1.29 is 23.2 Å². The van der Waals surface area contributed by atoms with Gasteiger partial charge in [0.25, 0.3) is 5.69 Å². The van der Waals surface area contributed by atoms with Crippen molar-refractivity contribution in [1.29, 1.82) is 0 Å². The van der Waals surface area contributed by atoms with Gasteiger partial charge in [0.05, 0.1) is 18.1 Å². The molecule has 134 valence electrons. The van der Waals surface area contributed by atoms with Gasteiger partial charge < -0.3 is 20.9 Å². The number of ether oxygens (including phenoxy) is 2. The molecule has 0 saturated heterocycles. The lowest BCUT2D eigenvalue weighted by Gasteiger charge is -2.12. The van der Waals surface area contributed by atoms with Gasteiger partial charge in [-0.2, -0.15) is 23.7 Å². The van der Waals surface area contributed by atoms with E-state index >= 15 is 0 Å². The highest BCUT2D eigenvalue weighted by Gasteiger charge is 2.22. The Morgan fingerprint density at radius 3 is 2.40 bits per heavy atom. The van der Waals surface area contributed by atoms with E-state index in [0.717, 1.165) is 17.8 Å². The molecule has 0 saturated carbocycles. The molecule has 0 bridgehead atoms. The van der Waals surface area contributed by atoms with E-state index in [2.05, 4.69) is 19.7 Å². The molecule has 0 spiro atoms. The zero-order chi connectivity index (χ0) is 18.6. The molecule has 0 aliphatic carbocycles. The van der Waals surface area contributed by atoms with Crippen LogP contribution in [0.2, 0.25) is 0 Å². The normalized spacial score (nSPS) is 10.7. The van der Waals surface area contributed by atoms with Crippen molar-refractivity contribution in [3.63, 3.8) is 0 Å². The number of alkyl halides is 2. The van der Waals surface area contributed by atoms with Gasteiger partial charge in [0.1, 0.15) is 0 Å². The van der Waals surface area contributed by atoms with E-state index in [1.165, 1.54) is 13.2 Å². The number of aromatic nitrogens is 3.